The number of ether oxygens (including phenoxy) is 1. The minimum atomic E-state index is -3.91. The average Bonchev–Trinajstić information content (AvgIpc) is 2.66. The van der Waals surface area contributed by atoms with Crippen LogP contribution in [0.1, 0.15) is 40.5 Å². The van der Waals surface area contributed by atoms with Gasteiger partial charge in [-0.05, 0) is 6.92 Å². The first-order valence-electron chi connectivity index (χ1n) is 9.54. The summed E-state index contributed by atoms with van der Waals surface area (Å²) in [6, 6.07) is -1.21. The number of aliphatic carboxylic acids is 1. The predicted octanol–water partition coefficient (Wildman–Crippen LogP) is 0.891. The summed E-state index contributed by atoms with van der Waals surface area (Å²) in [6.07, 6.45) is -1.13. The molecule has 0 bridgehead atoms. The number of carbonyl (C=O) groups excluding carboxylic acids is 3. The molecule has 13 heteroatoms. The van der Waals surface area contributed by atoms with Gasteiger partial charge < -0.3 is 20.5 Å². The van der Waals surface area contributed by atoms with Crippen molar-refractivity contribution in [1.29, 1.82) is 0 Å². The zero-order valence-corrected chi connectivity index (χ0v) is 19.3. The maximum atomic E-state index is 13.4. The third-order valence-electron chi connectivity index (χ3n) is 4.14. The Kier molecular flexibility index (Phi) is 10.3. The van der Waals surface area contributed by atoms with E-state index in [4.69, 9.17) is 9.26 Å². The Bertz CT molecular complexity index is 702. The third kappa shape index (κ3) is 8.63. The number of amides is 2. The zero-order valence-electron chi connectivity index (χ0n) is 17.6. The molecule has 2 amide bonds. The Morgan fingerprint density at radius 1 is 1.37 bits per heavy atom. The molecule has 1 aliphatic heterocycles. The Morgan fingerprint density at radius 3 is 2.63 bits per heavy atom. The summed E-state index contributed by atoms with van der Waals surface area (Å²) >= 11 is 0.793. The van der Waals surface area contributed by atoms with E-state index in [1.54, 1.807) is 20.8 Å². The topological polar surface area (TPSA) is 160 Å². The molecule has 172 valence electrons. The van der Waals surface area contributed by atoms with E-state index < -0.39 is 42.1 Å². The molecule has 1 fully saturated rings. The van der Waals surface area contributed by atoms with E-state index in [2.05, 4.69) is 15.7 Å². The average molecular weight is 467 g/mol. The highest BCUT2D eigenvalue weighted by Gasteiger charge is 2.43. The normalized spacial score (nSPS) is 25.1. The molecule has 1 aliphatic rings. The Hall–Kier alpha value is -1.62. The molecular formula is C17H30N3O8PS. The van der Waals surface area contributed by atoms with Crippen LogP contribution in [-0.4, -0.2) is 66.5 Å². The van der Waals surface area contributed by atoms with Crippen LogP contribution in [0.4, 0.5) is 0 Å². The molecule has 11 nitrogen and oxygen atoms in total. The second kappa shape index (κ2) is 11.7. The molecule has 1 heterocycles. The van der Waals surface area contributed by atoms with Crippen molar-refractivity contribution in [2.45, 2.75) is 52.7 Å². The largest absolute Gasteiger partial charge is 0.480 e. The summed E-state index contributed by atoms with van der Waals surface area (Å²) < 4.78 is 24.3. The van der Waals surface area contributed by atoms with Crippen LogP contribution in [0.2, 0.25) is 0 Å². The zero-order chi connectivity index (χ0) is 22.9. The number of rotatable bonds is 7. The lowest BCUT2D eigenvalue weighted by atomic mass is 9.87. The monoisotopic (exact) mass is 467 g/mol. The van der Waals surface area contributed by atoms with Crippen LogP contribution >= 0.6 is 18.1 Å². The van der Waals surface area contributed by atoms with E-state index in [9.17, 15) is 28.8 Å². The summed E-state index contributed by atoms with van der Waals surface area (Å²) in [6.45, 7) is 2.27. The minimum absolute atomic E-state index is 0.0335. The highest BCUT2D eigenvalue weighted by molar-refractivity contribution is 8.56. The standard InChI is InChI=1S/C17H30N3O8PS/c1-5-13(22)27-10-17(3,4)14-15(23)19-7-6-12(21)18-8-9-30-29(26,28-14)20-11(2)16(24)25/h11,14H,5-10H2,1-4H3,(H,18,21)(H,19,23)(H,20,26)(H,24,25)/t11-,14-,29?/m0/s1. The SMILES string of the molecule is CCC(=O)OCC(C)(C)[C@H]1OP(=O)(N[C@@H](C)C(=O)O)SCCNC(=O)CCNC1=O. The molecule has 0 aromatic rings. The van der Waals surface area contributed by atoms with Gasteiger partial charge in [-0.25, -0.2) is 5.09 Å². The van der Waals surface area contributed by atoms with Gasteiger partial charge in [0, 0.05) is 37.1 Å². The van der Waals surface area contributed by atoms with Crippen LogP contribution in [0.3, 0.4) is 0 Å². The Balaban J connectivity index is 3.19. The molecule has 1 unspecified atom stereocenters. The fraction of sp³-hybridized carbons (Fsp3) is 0.765. The predicted molar refractivity (Wildman–Crippen MR) is 111 cm³/mol. The molecule has 3 atom stereocenters. The van der Waals surface area contributed by atoms with Crippen molar-refractivity contribution >= 4 is 41.9 Å². The van der Waals surface area contributed by atoms with E-state index in [0.29, 0.717) is 0 Å². The lowest BCUT2D eigenvalue weighted by molar-refractivity contribution is -0.151. The molecule has 0 radical (unpaired) electrons. The van der Waals surface area contributed by atoms with Crippen LogP contribution in [-0.2, 0) is 33.0 Å². The fourth-order valence-corrected chi connectivity index (χ4v) is 6.36. The quantitative estimate of drug-likeness (QED) is 0.313. The van der Waals surface area contributed by atoms with Crippen molar-refractivity contribution in [3.05, 3.63) is 0 Å². The lowest BCUT2D eigenvalue weighted by Gasteiger charge is -2.35. The van der Waals surface area contributed by atoms with Gasteiger partial charge in [-0.2, -0.15) is 0 Å². The molecule has 4 N–H and O–H groups in total. The van der Waals surface area contributed by atoms with E-state index in [-0.39, 0.29) is 44.2 Å². The van der Waals surface area contributed by atoms with Crippen LogP contribution in [0.25, 0.3) is 0 Å². The molecule has 1 rings (SSSR count). The molecule has 0 aliphatic carbocycles. The van der Waals surface area contributed by atoms with E-state index in [0.717, 1.165) is 11.4 Å². The van der Waals surface area contributed by atoms with Crippen molar-refractivity contribution in [2.24, 2.45) is 5.41 Å². The van der Waals surface area contributed by atoms with E-state index >= 15 is 0 Å². The fourth-order valence-electron chi connectivity index (χ4n) is 2.36. The van der Waals surface area contributed by atoms with Gasteiger partial charge >= 0.3 is 18.7 Å². The number of carbonyl (C=O) groups is 4. The maximum Gasteiger partial charge on any atom is 0.328 e. The van der Waals surface area contributed by atoms with E-state index in [1.165, 1.54) is 6.92 Å². The summed E-state index contributed by atoms with van der Waals surface area (Å²) in [5.41, 5.74) is -1.09. The van der Waals surface area contributed by atoms with Crippen LogP contribution in [0, 0.1) is 5.41 Å². The smallest absolute Gasteiger partial charge is 0.328 e. The number of carboxylic acid groups (broad SMARTS) is 1. The van der Waals surface area contributed by atoms with Crippen molar-refractivity contribution in [3.63, 3.8) is 0 Å². The van der Waals surface area contributed by atoms with Crippen molar-refractivity contribution in [2.75, 3.05) is 25.4 Å². The lowest BCUT2D eigenvalue weighted by Crippen LogP contribution is -2.49. The van der Waals surface area contributed by atoms with E-state index in [1.807, 2.05) is 0 Å². The summed E-state index contributed by atoms with van der Waals surface area (Å²) in [5.74, 6) is -2.48. The summed E-state index contributed by atoms with van der Waals surface area (Å²) in [5, 5.41) is 16.8. The maximum absolute atomic E-state index is 13.4. The van der Waals surface area contributed by atoms with Crippen molar-refractivity contribution in [3.8, 4) is 0 Å². The number of hydrogen-bond donors (Lipinski definition) is 4. The highest BCUT2D eigenvalue weighted by atomic mass is 32.7. The van der Waals surface area contributed by atoms with Gasteiger partial charge in [-0.15, -0.1) is 0 Å². The van der Waals surface area contributed by atoms with Gasteiger partial charge in [0.15, 0.2) is 6.10 Å². The van der Waals surface area contributed by atoms with Gasteiger partial charge in [0.25, 0.3) is 0 Å². The van der Waals surface area contributed by atoms with Crippen molar-refractivity contribution in [1.82, 2.24) is 15.7 Å². The molecule has 0 aromatic carbocycles. The number of hydrogen-bond acceptors (Lipinski definition) is 8. The first-order chi connectivity index (χ1) is 13.9. The Labute approximate surface area is 179 Å². The first-order valence-corrected chi connectivity index (χ1v) is 12.8. The van der Waals surface area contributed by atoms with Gasteiger partial charge in [0.1, 0.15) is 6.04 Å². The molecule has 30 heavy (non-hydrogen) atoms. The molecule has 1 saturated heterocycles. The van der Waals surface area contributed by atoms with Crippen molar-refractivity contribution < 1.29 is 38.1 Å². The van der Waals surface area contributed by atoms with Crippen LogP contribution in [0.15, 0.2) is 0 Å². The number of carboxylic acids is 1. The first kappa shape index (κ1) is 26.4. The van der Waals surface area contributed by atoms with Gasteiger partial charge in [0.2, 0.25) is 11.8 Å². The van der Waals surface area contributed by atoms with Crippen LogP contribution < -0.4 is 15.7 Å². The summed E-state index contributed by atoms with van der Waals surface area (Å²) in [7, 11) is 0. The minimum Gasteiger partial charge on any atom is -0.480 e. The van der Waals surface area contributed by atoms with Gasteiger partial charge in [-0.1, -0.05) is 32.2 Å². The Morgan fingerprint density at radius 2 is 2.03 bits per heavy atom. The highest BCUT2D eigenvalue weighted by Crippen LogP contribution is 2.58. The van der Waals surface area contributed by atoms with Gasteiger partial charge in [0.05, 0.1) is 6.61 Å². The third-order valence-corrected chi connectivity index (χ3v) is 8.21. The van der Waals surface area contributed by atoms with Gasteiger partial charge in [-0.3, -0.25) is 28.3 Å². The second-order valence-electron chi connectivity index (χ2n) is 7.40. The molecule has 0 spiro atoms. The second-order valence-corrected chi connectivity index (χ2v) is 11.7. The number of esters is 1. The molecule has 0 saturated carbocycles. The van der Waals surface area contributed by atoms with Crippen LogP contribution in [0.5, 0.6) is 0 Å². The summed E-state index contributed by atoms with van der Waals surface area (Å²) in [4.78, 5) is 47.4. The number of nitrogens with one attached hydrogen (secondary N) is 3. The molecule has 0 aromatic heterocycles. The molecular weight excluding hydrogens is 437 g/mol.